The molecule has 2 unspecified atom stereocenters. The van der Waals surface area contributed by atoms with E-state index in [2.05, 4.69) is 10.3 Å². The number of aliphatic imine (C=N–C) groups is 1. The van der Waals surface area contributed by atoms with Crippen molar-refractivity contribution in [1.29, 1.82) is 0 Å². The van der Waals surface area contributed by atoms with Crippen LogP contribution in [0.2, 0.25) is 0 Å². The maximum Gasteiger partial charge on any atom is 0.264 e. The van der Waals surface area contributed by atoms with E-state index in [0.717, 1.165) is 12.0 Å². The molecule has 0 aliphatic carbocycles. The van der Waals surface area contributed by atoms with E-state index in [4.69, 9.17) is 5.73 Å². The highest BCUT2D eigenvalue weighted by Crippen LogP contribution is 2.23. The van der Waals surface area contributed by atoms with E-state index >= 15 is 0 Å². The molecular formula is C15H19N3O2. The van der Waals surface area contributed by atoms with Crippen molar-refractivity contribution >= 4 is 17.6 Å². The first-order chi connectivity index (χ1) is 9.54. The van der Waals surface area contributed by atoms with E-state index in [1.54, 1.807) is 6.07 Å². The van der Waals surface area contributed by atoms with Crippen molar-refractivity contribution in [3.05, 3.63) is 35.4 Å². The molecule has 1 aliphatic heterocycles. The van der Waals surface area contributed by atoms with Gasteiger partial charge in [0.2, 0.25) is 5.91 Å². The number of aryl methyl sites for hydroxylation is 1. The first-order valence-electron chi connectivity index (χ1n) is 6.79. The smallest absolute Gasteiger partial charge is 0.264 e. The van der Waals surface area contributed by atoms with E-state index < -0.39 is 17.9 Å². The Bertz CT molecular complexity index is 566. The van der Waals surface area contributed by atoms with Gasteiger partial charge in [0.05, 0.1) is 6.04 Å². The quantitative estimate of drug-likeness (QED) is 0.810. The van der Waals surface area contributed by atoms with Gasteiger partial charge in [0, 0.05) is 0 Å². The minimum atomic E-state index is -0.867. The zero-order chi connectivity index (χ0) is 14.7. The Labute approximate surface area is 118 Å². The van der Waals surface area contributed by atoms with Crippen LogP contribution in [0.1, 0.15) is 36.8 Å². The molecule has 3 N–H and O–H groups in total. The number of nitrogens with zero attached hydrogens (tertiary/aromatic N) is 1. The number of benzene rings is 1. The molecule has 1 heterocycles. The van der Waals surface area contributed by atoms with Crippen molar-refractivity contribution in [3.8, 4) is 0 Å². The zero-order valence-electron chi connectivity index (χ0n) is 11.7. The van der Waals surface area contributed by atoms with Gasteiger partial charge < -0.3 is 11.1 Å². The predicted octanol–water partition coefficient (Wildman–Crippen LogP) is 1.26. The Balaban J connectivity index is 2.30. The van der Waals surface area contributed by atoms with Gasteiger partial charge in [-0.2, -0.15) is 4.99 Å². The first-order valence-corrected chi connectivity index (χ1v) is 6.79. The van der Waals surface area contributed by atoms with Gasteiger partial charge in [0.15, 0.2) is 0 Å². The lowest BCUT2D eigenvalue weighted by molar-refractivity contribution is -0.129. The van der Waals surface area contributed by atoms with Crippen molar-refractivity contribution in [2.45, 2.75) is 38.6 Å². The number of rotatable bonds is 4. The average molecular weight is 273 g/mol. The molecule has 1 aromatic carbocycles. The lowest BCUT2D eigenvalue weighted by atomic mass is 9.92. The highest BCUT2D eigenvalue weighted by atomic mass is 16.2. The Hall–Kier alpha value is -2.01. The molecule has 0 spiro atoms. The molecule has 2 atom stereocenters. The molecule has 5 heteroatoms. The number of amidine groups is 1. The van der Waals surface area contributed by atoms with Crippen molar-refractivity contribution in [1.82, 2.24) is 5.32 Å². The van der Waals surface area contributed by atoms with Crippen LogP contribution in [0.15, 0.2) is 29.3 Å². The van der Waals surface area contributed by atoms with Crippen molar-refractivity contribution in [3.63, 3.8) is 0 Å². The van der Waals surface area contributed by atoms with Crippen molar-refractivity contribution < 1.29 is 9.59 Å². The van der Waals surface area contributed by atoms with Crippen molar-refractivity contribution in [2.24, 2.45) is 10.7 Å². The standard InChI is InChI=1S/C15H19N3O2/c1-3-6-11(16)13-17-14(19)12(15(20)18-13)10-8-5-4-7-9(10)2/h4-5,7-8,11-12H,3,6,16H2,1-2H3,(H,17,18,19,20). The zero-order valence-corrected chi connectivity index (χ0v) is 11.7. The summed E-state index contributed by atoms with van der Waals surface area (Å²) in [7, 11) is 0. The molecule has 0 saturated carbocycles. The van der Waals surface area contributed by atoms with Gasteiger partial charge in [-0.3, -0.25) is 9.59 Å². The van der Waals surface area contributed by atoms with Gasteiger partial charge in [-0.15, -0.1) is 0 Å². The Morgan fingerprint density at radius 2 is 2.05 bits per heavy atom. The van der Waals surface area contributed by atoms with Crippen LogP contribution >= 0.6 is 0 Å². The molecular weight excluding hydrogens is 254 g/mol. The molecule has 1 aromatic rings. The number of amides is 2. The number of nitrogens with two attached hydrogens (primary N) is 1. The van der Waals surface area contributed by atoms with E-state index in [9.17, 15) is 9.59 Å². The molecule has 0 bridgehead atoms. The van der Waals surface area contributed by atoms with Crippen LogP contribution in [0.25, 0.3) is 0 Å². The lowest BCUT2D eigenvalue weighted by Gasteiger charge is -2.24. The highest BCUT2D eigenvalue weighted by Gasteiger charge is 2.35. The van der Waals surface area contributed by atoms with Crippen LogP contribution in [0.3, 0.4) is 0 Å². The summed E-state index contributed by atoms with van der Waals surface area (Å²) < 4.78 is 0. The average Bonchev–Trinajstić information content (AvgIpc) is 2.40. The van der Waals surface area contributed by atoms with E-state index in [1.807, 2.05) is 32.0 Å². The topological polar surface area (TPSA) is 84.5 Å². The Morgan fingerprint density at radius 3 is 2.65 bits per heavy atom. The normalized spacial score (nSPS) is 20.4. The summed E-state index contributed by atoms with van der Waals surface area (Å²) in [6.07, 6.45) is 1.55. The van der Waals surface area contributed by atoms with Gasteiger partial charge >= 0.3 is 0 Å². The fourth-order valence-electron chi connectivity index (χ4n) is 2.33. The van der Waals surface area contributed by atoms with Crippen LogP contribution in [-0.4, -0.2) is 23.7 Å². The molecule has 1 aliphatic rings. The van der Waals surface area contributed by atoms with E-state index in [-0.39, 0.29) is 11.7 Å². The fourth-order valence-corrected chi connectivity index (χ4v) is 2.33. The maximum atomic E-state index is 12.2. The number of carbonyl (C=O) groups is 2. The van der Waals surface area contributed by atoms with Crippen LogP contribution in [0.5, 0.6) is 0 Å². The summed E-state index contributed by atoms with van der Waals surface area (Å²) in [5.74, 6) is -1.37. The second kappa shape index (κ2) is 5.96. The summed E-state index contributed by atoms with van der Waals surface area (Å²) in [5.41, 5.74) is 7.50. The van der Waals surface area contributed by atoms with Gasteiger partial charge in [-0.1, -0.05) is 37.6 Å². The number of nitrogens with one attached hydrogen (secondary N) is 1. The minimum Gasteiger partial charge on any atom is -0.321 e. The van der Waals surface area contributed by atoms with Crippen LogP contribution < -0.4 is 11.1 Å². The van der Waals surface area contributed by atoms with Crippen LogP contribution in [0.4, 0.5) is 0 Å². The van der Waals surface area contributed by atoms with E-state index in [0.29, 0.717) is 12.0 Å². The fraction of sp³-hybridized carbons (Fsp3) is 0.400. The summed E-state index contributed by atoms with van der Waals surface area (Å²) in [6.45, 7) is 3.86. The predicted molar refractivity (Wildman–Crippen MR) is 77.4 cm³/mol. The molecule has 0 saturated heterocycles. The molecule has 5 nitrogen and oxygen atoms in total. The number of hydrogen-bond acceptors (Lipinski definition) is 3. The maximum absolute atomic E-state index is 12.2. The second-order valence-electron chi connectivity index (χ2n) is 5.01. The molecule has 2 rings (SSSR count). The molecule has 2 amide bonds. The number of carbonyl (C=O) groups excluding carboxylic acids is 2. The van der Waals surface area contributed by atoms with Crippen LogP contribution in [-0.2, 0) is 9.59 Å². The second-order valence-corrected chi connectivity index (χ2v) is 5.01. The summed E-state index contributed by atoms with van der Waals surface area (Å²) >= 11 is 0. The third-order valence-corrected chi connectivity index (χ3v) is 3.44. The third kappa shape index (κ3) is 2.77. The Kier molecular flexibility index (Phi) is 4.29. The first kappa shape index (κ1) is 14.4. The largest absolute Gasteiger partial charge is 0.321 e. The highest BCUT2D eigenvalue weighted by molar-refractivity contribution is 6.20. The van der Waals surface area contributed by atoms with Crippen LogP contribution in [0, 0.1) is 6.92 Å². The monoisotopic (exact) mass is 273 g/mol. The molecule has 0 aromatic heterocycles. The molecule has 106 valence electrons. The summed E-state index contributed by atoms with van der Waals surface area (Å²) in [5, 5.41) is 2.67. The molecule has 20 heavy (non-hydrogen) atoms. The lowest BCUT2D eigenvalue weighted by Crippen LogP contribution is -2.50. The van der Waals surface area contributed by atoms with Gasteiger partial charge in [0.25, 0.3) is 5.91 Å². The number of hydrogen-bond donors (Lipinski definition) is 2. The molecule has 0 radical (unpaired) electrons. The van der Waals surface area contributed by atoms with E-state index in [1.165, 1.54) is 0 Å². The minimum absolute atomic E-state index is 0.284. The summed E-state index contributed by atoms with van der Waals surface area (Å²) in [6, 6.07) is 6.94. The van der Waals surface area contributed by atoms with Crippen molar-refractivity contribution in [2.75, 3.05) is 0 Å². The SMILES string of the molecule is CCCC(N)C1=NC(=O)C(c2ccccc2C)C(=O)N1. The third-order valence-electron chi connectivity index (χ3n) is 3.44. The Morgan fingerprint density at radius 1 is 1.35 bits per heavy atom. The summed E-state index contributed by atoms with van der Waals surface area (Å²) in [4.78, 5) is 28.4. The van der Waals surface area contributed by atoms with Gasteiger partial charge in [-0.25, -0.2) is 0 Å². The van der Waals surface area contributed by atoms with Gasteiger partial charge in [0.1, 0.15) is 11.8 Å². The van der Waals surface area contributed by atoms with Gasteiger partial charge in [-0.05, 0) is 24.5 Å². The molecule has 0 fully saturated rings.